The average molecular weight is 466 g/mol. The molecule has 2 aliphatic rings. The minimum atomic E-state index is -1.29. The quantitative estimate of drug-likeness (QED) is 0.536. The lowest BCUT2D eigenvalue weighted by Crippen LogP contribution is -2.63. The van der Waals surface area contributed by atoms with E-state index in [1.165, 1.54) is 14.0 Å². The maximum Gasteiger partial charge on any atom is 0.229 e. The van der Waals surface area contributed by atoms with E-state index in [0.717, 1.165) is 11.1 Å². The molecule has 0 aromatic heterocycles. The van der Waals surface area contributed by atoms with Crippen LogP contribution in [0.1, 0.15) is 39.2 Å². The van der Waals surface area contributed by atoms with Crippen LogP contribution >= 0.6 is 11.6 Å². The van der Waals surface area contributed by atoms with Gasteiger partial charge in [0.25, 0.3) is 0 Å². The largest absolute Gasteiger partial charge is 0.462 e. The monoisotopic (exact) mass is 465 g/mol. The number of carbonyl (C=O) groups is 1. The van der Waals surface area contributed by atoms with Crippen molar-refractivity contribution in [3.8, 4) is 0 Å². The molecule has 3 rings (SSSR count). The predicted molar refractivity (Wildman–Crippen MR) is 122 cm³/mol. The third-order valence-electron chi connectivity index (χ3n) is 5.93. The van der Waals surface area contributed by atoms with Crippen molar-refractivity contribution in [1.29, 1.82) is 0 Å². The number of hydrogen-bond donors (Lipinski definition) is 3. The zero-order valence-electron chi connectivity index (χ0n) is 18.9. The number of halogens is 1. The number of allylic oxidation sites excluding steroid dienone is 3. The van der Waals surface area contributed by atoms with Crippen molar-refractivity contribution in [3.63, 3.8) is 0 Å². The molecule has 1 amide bonds. The Labute approximate surface area is 194 Å². The zero-order chi connectivity index (χ0) is 23.5. The molecule has 1 aromatic rings. The van der Waals surface area contributed by atoms with Crippen LogP contribution in [0.2, 0.25) is 0 Å². The Balaban J connectivity index is 1.84. The van der Waals surface area contributed by atoms with Gasteiger partial charge in [-0.3, -0.25) is 4.79 Å². The summed E-state index contributed by atoms with van der Waals surface area (Å²) in [7, 11) is 1.46. The van der Waals surface area contributed by atoms with E-state index >= 15 is 0 Å². The summed E-state index contributed by atoms with van der Waals surface area (Å²) >= 11 is 7.05. The van der Waals surface area contributed by atoms with Crippen molar-refractivity contribution in [2.75, 3.05) is 13.7 Å². The Morgan fingerprint density at radius 1 is 1.25 bits per heavy atom. The molecule has 0 saturated carbocycles. The second-order valence-electron chi connectivity index (χ2n) is 8.78. The summed E-state index contributed by atoms with van der Waals surface area (Å²) in [5, 5.41) is 23.9. The fourth-order valence-corrected chi connectivity index (χ4v) is 4.59. The van der Waals surface area contributed by atoms with Gasteiger partial charge in [0.05, 0.1) is 10.5 Å². The highest BCUT2D eigenvalue weighted by atomic mass is 35.5. The van der Waals surface area contributed by atoms with E-state index in [9.17, 15) is 15.0 Å². The van der Waals surface area contributed by atoms with Gasteiger partial charge in [-0.05, 0) is 50.0 Å². The number of nitrogens with one attached hydrogen (secondary N) is 1. The molecule has 1 saturated heterocycles. The van der Waals surface area contributed by atoms with Crippen LogP contribution in [0.15, 0.2) is 48.2 Å². The number of ether oxygens (including phenoxy) is 3. The predicted octanol–water partition coefficient (Wildman–Crippen LogP) is 2.75. The first-order valence-electron chi connectivity index (χ1n) is 10.7. The van der Waals surface area contributed by atoms with E-state index in [-0.39, 0.29) is 5.91 Å². The van der Waals surface area contributed by atoms with Crippen LogP contribution in [0.25, 0.3) is 5.57 Å². The molecule has 3 N–H and O–H groups in total. The molecule has 7 nitrogen and oxygen atoms in total. The summed E-state index contributed by atoms with van der Waals surface area (Å²) in [5.74, 6) is 0.382. The smallest absolute Gasteiger partial charge is 0.229 e. The maximum atomic E-state index is 11.3. The molecule has 5 atom stereocenters. The van der Waals surface area contributed by atoms with Gasteiger partial charge in [0, 0.05) is 20.6 Å². The van der Waals surface area contributed by atoms with E-state index in [4.69, 9.17) is 25.8 Å². The number of amides is 1. The first kappa shape index (κ1) is 24.7. The lowest BCUT2D eigenvalue weighted by Gasteiger charge is -2.46. The lowest BCUT2D eigenvalue weighted by molar-refractivity contribution is -0.317. The molecule has 176 valence electrons. The molecule has 2 unspecified atom stereocenters. The maximum absolute atomic E-state index is 11.3. The van der Waals surface area contributed by atoms with Gasteiger partial charge in [0.1, 0.15) is 24.1 Å². The van der Waals surface area contributed by atoms with Gasteiger partial charge in [-0.25, -0.2) is 0 Å². The van der Waals surface area contributed by atoms with Gasteiger partial charge in [-0.1, -0.05) is 30.3 Å². The average Bonchev–Trinajstić information content (AvgIpc) is 2.73. The minimum absolute atomic E-state index is 0.107. The van der Waals surface area contributed by atoms with Crippen LogP contribution < -0.4 is 5.32 Å². The number of carbonyl (C=O) groups excluding carboxylic acids is 1. The Morgan fingerprint density at radius 2 is 1.94 bits per heavy atom. The van der Waals surface area contributed by atoms with Gasteiger partial charge >= 0.3 is 0 Å². The van der Waals surface area contributed by atoms with Crippen molar-refractivity contribution < 1.29 is 29.2 Å². The highest BCUT2D eigenvalue weighted by Crippen LogP contribution is 2.44. The van der Waals surface area contributed by atoms with Crippen molar-refractivity contribution in [2.24, 2.45) is 0 Å². The number of hydrogen-bond acceptors (Lipinski definition) is 6. The number of aliphatic hydroxyl groups is 2. The van der Waals surface area contributed by atoms with Crippen LogP contribution in [0.3, 0.4) is 0 Å². The van der Waals surface area contributed by atoms with E-state index in [2.05, 4.69) is 5.32 Å². The summed E-state index contributed by atoms with van der Waals surface area (Å²) in [6.45, 7) is 5.47. The van der Waals surface area contributed by atoms with Crippen LogP contribution in [0, 0.1) is 0 Å². The number of aliphatic hydroxyl groups excluding tert-OH is 2. The SMILES string of the molecule is CO[C@@H]1[C@@H](O)[C@@H](O)C(OC2=CCC(Cl)(CCNC(C)=O)C(c3ccccc3)=C2)OC1(C)C. The standard InChI is InChI=1S/C24H32ClNO6/c1-15(27)26-13-12-24(25)11-10-17(14-18(24)16-8-6-5-7-9-16)31-22-20(29)19(28)21(30-4)23(2,3)32-22/h5-10,14,19-22,28-29H,11-13H2,1-4H3,(H,26,27)/t19-,20+,21+,22?,24?/m0/s1. The summed E-state index contributed by atoms with van der Waals surface area (Å²) in [6, 6.07) is 9.71. The highest BCUT2D eigenvalue weighted by molar-refractivity contribution is 6.30. The number of methoxy groups -OCH3 is 1. The zero-order valence-corrected chi connectivity index (χ0v) is 19.6. The van der Waals surface area contributed by atoms with E-state index in [1.54, 1.807) is 13.8 Å². The van der Waals surface area contributed by atoms with Crippen LogP contribution in [-0.4, -0.2) is 64.9 Å². The lowest BCUT2D eigenvalue weighted by atomic mass is 9.83. The third-order valence-corrected chi connectivity index (χ3v) is 6.47. The Hall–Kier alpha value is -1.90. The van der Waals surface area contributed by atoms with Crippen molar-refractivity contribution in [1.82, 2.24) is 5.32 Å². The molecular formula is C24H32ClNO6. The molecule has 32 heavy (non-hydrogen) atoms. The summed E-state index contributed by atoms with van der Waals surface area (Å²) in [4.78, 5) is 10.6. The van der Waals surface area contributed by atoms with Crippen LogP contribution in [-0.2, 0) is 19.0 Å². The molecule has 0 bridgehead atoms. The van der Waals surface area contributed by atoms with Crippen molar-refractivity contribution in [2.45, 2.75) is 68.7 Å². The first-order valence-corrected chi connectivity index (χ1v) is 11.1. The summed E-state index contributed by atoms with van der Waals surface area (Å²) in [5.41, 5.74) is 0.917. The molecule has 0 radical (unpaired) electrons. The topological polar surface area (TPSA) is 97.3 Å². The molecule has 1 aliphatic carbocycles. The Morgan fingerprint density at radius 3 is 2.56 bits per heavy atom. The van der Waals surface area contributed by atoms with Crippen LogP contribution in [0.5, 0.6) is 0 Å². The third kappa shape index (κ3) is 5.35. The Kier molecular flexibility index (Phi) is 7.68. The van der Waals surface area contributed by atoms with Gasteiger partial charge in [0.15, 0.2) is 0 Å². The normalized spacial score (nSPS) is 32.0. The number of rotatable bonds is 7. The molecular weight excluding hydrogens is 434 g/mol. The van der Waals surface area contributed by atoms with E-state index in [1.807, 2.05) is 42.5 Å². The summed E-state index contributed by atoms with van der Waals surface area (Å²) < 4.78 is 17.3. The van der Waals surface area contributed by atoms with E-state index in [0.29, 0.717) is 25.1 Å². The van der Waals surface area contributed by atoms with E-state index < -0.39 is 35.1 Å². The Bertz CT molecular complexity index is 871. The number of benzene rings is 1. The highest BCUT2D eigenvalue weighted by Gasteiger charge is 2.50. The van der Waals surface area contributed by atoms with Crippen molar-refractivity contribution in [3.05, 3.63) is 53.8 Å². The molecule has 1 heterocycles. The fourth-order valence-electron chi connectivity index (χ4n) is 4.26. The van der Waals surface area contributed by atoms with Gasteiger partial charge in [-0.2, -0.15) is 0 Å². The number of alkyl halides is 1. The van der Waals surface area contributed by atoms with Crippen molar-refractivity contribution >= 4 is 23.1 Å². The molecule has 1 aromatic carbocycles. The molecule has 0 spiro atoms. The van der Waals surface area contributed by atoms with Gasteiger partial charge in [-0.15, -0.1) is 11.6 Å². The van der Waals surface area contributed by atoms with Crippen LogP contribution in [0.4, 0.5) is 0 Å². The van der Waals surface area contributed by atoms with Gasteiger partial charge in [0.2, 0.25) is 12.2 Å². The summed E-state index contributed by atoms with van der Waals surface area (Å²) in [6.07, 6.45) is 0.431. The molecule has 1 fully saturated rings. The van der Waals surface area contributed by atoms with Gasteiger partial charge < -0.3 is 29.7 Å². The molecule has 8 heteroatoms. The molecule has 1 aliphatic heterocycles. The first-order chi connectivity index (χ1) is 15.1. The fraction of sp³-hybridized carbons (Fsp3) is 0.542. The second kappa shape index (κ2) is 9.93. The second-order valence-corrected chi connectivity index (χ2v) is 9.50. The minimum Gasteiger partial charge on any atom is -0.462 e.